The molecular formula is C7H11Cl4NO2. The van der Waals surface area contributed by atoms with Crippen LogP contribution in [0.1, 0.15) is 13.8 Å². The van der Waals surface area contributed by atoms with Crippen molar-refractivity contribution < 1.29 is 9.53 Å². The lowest BCUT2D eigenvalue weighted by Crippen LogP contribution is -2.36. The van der Waals surface area contributed by atoms with Gasteiger partial charge < -0.3 is 9.64 Å². The summed E-state index contributed by atoms with van der Waals surface area (Å²) in [5.41, 5.74) is -1.29. The van der Waals surface area contributed by atoms with E-state index in [-0.39, 0.29) is 0 Å². The van der Waals surface area contributed by atoms with E-state index in [4.69, 9.17) is 51.1 Å². The van der Waals surface area contributed by atoms with Gasteiger partial charge in [-0.3, -0.25) is 0 Å². The molecule has 0 aromatic heterocycles. The van der Waals surface area contributed by atoms with E-state index >= 15 is 0 Å². The van der Waals surface area contributed by atoms with Crippen LogP contribution in [0.25, 0.3) is 0 Å². The lowest BCUT2D eigenvalue weighted by atomic mass is 10.5. The number of nitrogens with zero attached hydrogens (tertiary/aromatic N) is 1. The molecule has 0 unspecified atom stereocenters. The molecule has 0 saturated carbocycles. The summed E-state index contributed by atoms with van der Waals surface area (Å²) in [5, 5.41) is 0. The Balaban J connectivity index is 4.18. The van der Waals surface area contributed by atoms with Crippen LogP contribution in [0.4, 0.5) is 4.79 Å². The van der Waals surface area contributed by atoms with Crippen molar-refractivity contribution in [2.45, 2.75) is 23.2 Å². The summed E-state index contributed by atoms with van der Waals surface area (Å²) in [6.07, 6.45) is -0.596. The minimum Gasteiger partial charge on any atom is -0.425 e. The van der Waals surface area contributed by atoms with Gasteiger partial charge >= 0.3 is 6.09 Å². The van der Waals surface area contributed by atoms with Crippen LogP contribution < -0.4 is 0 Å². The van der Waals surface area contributed by atoms with Gasteiger partial charge in [0, 0.05) is 13.1 Å². The zero-order valence-corrected chi connectivity index (χ0v) is 10.8. The van der Waals surface area contributed by atoms with Crippen LogP contribution >= 0.6 is 46.4 Å². The SMILES string of the molecule is CCN(CC)C(=O)O[C@@H](Cl)C(Cl)(Cl)Cl. The highest BCUT2D eigenvalue weighted by Crippen LogP contribution is 2.34. The van der Waals surface area contributed by atoms with E-state index in [9.17, 15) is 4.79 Å². The fraction of sp³-hybridized carbons (Fsp3) is 0.857. The molecular weight excluding hydrogens is 272 g/mol. The van der Waals surface area contributed by atoms with Crippen molar-refractivity contribution in [2.75, 3.05) is 13.1 Å². The van der Waals surface area contributed by atoms with Crippen LogP contribution in [-0.4, -0.2) is 33.4 Å². The van der Waals surface area contributed by atoms with Gasteiger partial charge in [0.1, 0.15) is 0 Å². The summed E-state index contributed by atoms with van der Waals surface area (Å²) in [6, 6.07) is 0. The van der Waals surface area contributed by atoms with Crippen molar-refractivity contribution in [1.82, 2.24) is 4.90 Å². The topological polar surface area (TPSA) is 29.5 Å². The molecule has 1 amide bonds. The number of halogens is 4. The molecule has 14 heavy (non-hydrogen) atoms. The van der Waals surface area contributed by atoms with Crippen LogP contribution in [0.3, 0.4) is 0 Å². The third-order valence-electron chi connectivity index (χ3n) is 1.48. The van der Waals surface area contributed by atoms with E-state index in [2.05, 4.69) is 0 Å². The van der Waals surface area contributed by atoms with E-state index in [1.165, 1.54) is 4.90 Å². The molecule has 0 bridgehead atoms. The number of carbonyl (C=O) groups is 1. The lowest BCUT2D eigenvalue weighted by molar-refractivity contribution is 0.0952. The first kappa shape index (κ1) is 14.4. The molecule has 0 aromatic carbocycles. The molecule has 0 radical (unpaired) electrons. The van der Waals surface area contributed by atoms with Crippen molar-refractivity contribution in [3.05, 3.63) is 0 Å². The molecule has 0 aromatic rings. The average Bonchev–Trinajstić information content (AvgIpc) is 2.04. The van der Waals surface area contributed by atoms with Gasteiger partial charge in [0.25, 0.3) is 0 Å². The molecule has 0 N–H and O–H groups in total. The largest absolute Gasteiger partial charge is 0.425 e. The highest BCUT2D eigenvalue weighted by atomic mass is 35.6. The molecule has 1 atom stereocenters. The standard InChI is InChI=1S/C7H11Cl4NO2/c1-3-12(4-2)6(13)14-5(8)7(9,10)11/h5H,3-4H2,1-2H3/t5-/m1/s1. The van der Waals surface area contributed by atoms with Crippen LogP contribution in [0.5, 0.6) is 0 Å². The van der Waals surface area contributed by atoms with Crippen molar-refractivity contribution in [2.24, 2.45) is 0 Å². The molecule has 0 aliphatic carbocycles. The summed E-state index contributed by atoms with van der Waals surface area (Å²) in [7, 11) is 0. The average molecular weight is 283 g/mol. The molecule has 0 fully saturated rings. The highest BCUT2D eigenvalue weighted by molar-refractivity contribution is 6.70. The minimum absolute atomic E-state index is 0.513. The van der Waals surface area contributed by atoms with E-state index < -0.39 is 15.4 Å². The fourth-order valence-corrected chi connectivity index (χ4v) is 0.922. The summed E-state index contributed by atoms with van der Waals surface area (Å²) >= 11 is 21.8. The Morgan fingerprint density at radius 3 is 2.07 bits per heavy atom. The quantitative estimate of drug-likeness (QED) is 0.743. The van der Waals surface area contributed by atoms with Crippen LogP contribution in [-0.2, 0) is 4.74 Å². The predicted octanol–water partition coefficient (Wildman–Crippen LogP) is 3.40. The molecule has 0 heterocycles. The number of alkyl halides is 4. The Morgan fingerprint density at radius 1 is 1.36 bits per heavy atom. The van der Waals surface area contributed by atoms with Crippen molar-refractivity contribution in [1.29, 1.82) is 0 Å². The van der Waals surface area contributed by atoms with Gasteiger partial charge in [0.15, 0.2) is 0 Å². The summed E-state index contributed by atoms with van der Waals surface area (Å²) in [4.78, 5) is 12.7. The van der Waals surface area contributed by atoms with Gasteiger partial charge in [-0.2, -0.15) is 0 Å². The number of carbonyl (C=O) groups excluding carboxylic acids is 1. The zero-order valence-electron chi connectivity index (χ0n) is 7.77. The number of rotatable bonds is 3. The fourth-order valence-electron chi connectivity index (χ4n) is 0.712. The van der Waals surface area contributed by atoms with Gasteiger partial charge in [0.05, 0.1) is 0 Å². The number of hydrogen-bond donors (Lipinski definition) is 0. The number of hydrogen-bond acceptors (Lipinski definition) is 2. The van der Waals surface area contributed by atoms with Crippen molar-refractivity contribution >= 4 is 52.5 Å². The van der Waals surface area contributed by atoms with E-state index in [1.54, 1.807) is 0 Å². The maximum atomic E-state index is 11.3. The smallest absolute Gasteiger partial charge is 0.411 e. The first-order valence-electron chi connectivity index (χ1n) is 3.99. The van der Waals surface area contributed by atoms with E-state index in [1.807, 2.05) is 13.8 Å². The first-order chi connectivity index (χ1) is 6.32. The summed E-state index contributed by atoms with van der Waals surface area (Å²) in [6.45, 7) is 4.64. The highest BCUT2D eigenvalue weighted by Gasteiger charge is 2.35. The van der Waals surface area contributed by atoms with Gasteiger partial charge in [-0.05, 0) is 13.8 Å². The monoisotopic (exact) mass is 281 g/mol. The number of amides is 1. The molecule has 3 nitrogen and oxygen atoms in total. The van der Waals surface area contributed by atoms with Crippen LogP contribution in [0.15, 0.2) is 0 Å². The van der Waals surface area contributed by atoms with Gasteiger partial charge in [-0.15, -0.1) is 0 Å². The lowest BCUT2D eigenvalue weighted by Gasteiger charge is -2.23. The minimum atomic E-state index is -1.82. The molecule has 0 aliphatic rings. The molecule has 0 rings (SSSR count). The van der Waals surface area contributed by atoms with E-state index in [0.29, 0.717) is 13.1 Å². The Hall–Kier alpha value is 0.430. The van der Waals surface area contributed by atoms with Crippen LogP contribution in [0, 0.1) is 0 Å². The van der Waals surface area contributed by atoms with E-state index in [0.717, 1.165) is 0 Å². The van der Waals surface area contributed by atoms with Crippen LogP contribution in [0.2, 0.25) is 0 Å². The molecule has 7 heteroatoms. The Kier molecular flexibility index (Phi) is 6.30. The Bertz CT molecular complexity index is 191. The van der Waals surface area contributed by atoms with Gasteiger partial charge in [0.2, 0.25) is 9.36 Å². The first-order valence-corrected chi connectivity index (χ1v) is 5.56. The maximum absolute atomic E-state index is 11.3. The second kappa shape index (κ2) is 6.11. The second-order valence-electron chi connectivity index (χ2n) is 2.41. The van der Waals surface area contributed by atoms with Crippen molar-refractivity contribution in [3.8, 4) is 0 Å². The maximum Gasteiger partial charge on any atom is 0.411 e. The Morgan fingerprint density at radius 2 is 1.79 bits per heavy atom. The normalized spacial score (nSPS) is 13.6. The molecule has 84 valence electrons. The third kappa shape index (κ3) is 4.78. The van der Waals surface area contributed by atoms with Gasteiger partial charge in [-0.25, -0.2) is 4.79 Å². The summed E-state index contributed by atoms with van der Waals surface area (Å²) in [5.74, 6) is 0. The second-order valence-corrected chi connectivity index (χ2v) is 5.18. The van der Waals surface area contributed by atoms with Gasteiger partial charge in [-0.1, -0.05) is 46.4 Å². The van der Waals surface area contributed by atoms with Crippen molar-refractivity contribution in [3.63, 3.8) is 0 Å². The predicted molar refractivity (Wildman–Crippen MR) is 59.3 cm³/mol. The zero-order chi connectivity index (χ0) is 11.4. The third-order valence-corrected chi connectivity index (χ3v) is 2.83. The molecule has 0 saturated heterocycles. The number of ether oxygens (including phenoxy) is 1. The molecule has 0 spiro atoms. The summed E-state index contributed by atoms with van der Waals surface area (Å²) < 4.78 is 2.90. The Labute approximate surface area is 103 Å². The molecule has 0 aliphatic heterocycles.